The first-order valence-corrected chi connectivity index (χ1v) is 13.0. The molecule has 0 unspecified atom stereocenters. The topological polar surface area (TPSA) is 107 Å². The molecule has 0 aliphatic carbocycles. The Morgan fingerprint density at radius 1 is 0.824 bits per heavy atom. The fraction of sp³-hybridized carbons (Fsp3) is 0.375. The van der Waals surface area contributed by atoms with Gasteiger partial charge in [-0.2, -0.15) is 4.31 Å². The number of rotatable bonds is 8. The van der Waals surface area contributed by atoms with Gasteiger partial charge in [-0.1, -0.05) is 18.2 Å². The molecule has 180 valence electrons. The van der Waals surface area contributed by atoms with E-state index in [2.05, 4.69) is 10.2 Å². The average molecular weight is 485 g/mol. The van der Waals surface area contributed by atoms with E-state index in [1.54, 1.807) is 24.3 Å². The second kappa shape index (κ2) is 10.4. The standard InChI is InChI=1S/C24H28N4O5S/c29-22-11-12-23(30)28(22)21-9-7-19(8-10-21)24(31)25-13-4-18-34(32,33)27-16-14-26(15-17-27)20-5-2-1-3-6-20/h1-3,5-10H,4,11-18H2,(H,25,31). The van der Waals surface area contributed by atoms with Gasteiger partial charge in [0, 0.05) is 56.8 Å². The molecule has 0 saturated carbocycles. The quantitative estimate of drug-likeness (QED) is 0.451. The first-order valence-electron chi connectivity index (χ1n) is 11.4. The number of benzene rings is 2. The van der Waals surface area contributed by atoms with Gasteiger partial charge in [0.25, 0.3) is 5.91 Å². The van der Waals surface area contributed by atoms with Crippen LogP contribution in [0.3, 0.4) is 0 Å². The molecule has 2 fully saturated rings. The third kappa shape index (κ3) is 5.45. The Morgan fingerprint density at radius 3 is 2.06 bits per heavy atom. The van der Waals surface area contributed by atoms with Crippen LogP contribution in [0.15, 0.2) is 54.6 Å². The maximum Gasteiger partial charge on any atom is 0.251 e. The molecule has 9 nitrogen and oxygen atoms in total. The van der Waals surface area contributed by atoms with Crippen LogP contribution in [0.5, 0.6) is 0 Å². The lowest BCUT2D eigenvalue weighted by atomic mass is 10.2. The Kier molecular flexibility index (Phi) is 7.28. The van der Waals surface area contributed by atoms with Crippen molar-refractivity contribution in [3.8, 4) is 0 Å². The number of carbonyl (C=O) groups is 3. The number of carbonyl (C=O) groups excluding carboxylic acids is 3. The van der Waals surface area contributed by atoms with Crippen LogP contribution >= 0.6 is 0 Å². The van der Waals surface area contributed by atoms with Crippen molar-refractivity contribution in [1.82, 2.24) is 9.62 Å². The van der Waals surface area contributed by atoms with Gasteiger partial charge in [0.1, 0.15) is 0 Å². The number of imide groups is 1. The molecular formula is C24H28N4O5S. The summed E-state index contributed by atoms with van der Waals surface area (Å²) < 4.78 is 26.9. The molecule has 2 aromatic rings. The third-order valence-electron chi connectivity index (χ3n) is 6.06. The van der Waals surface area contributed by atoms with Crippen LogP contribution in [-0.2, 0) is 19.6 Å². The first-order chi connectivity index (χ1) is 16.3. The van der Waals surface area contributed by atoms with Crippen molar-refractivity contribution < 1.29 is 22.8 Å². The Balaban J connectivity index is 1.21. The number of amides is 3. The van der Waals surface area contributed by atoms with Crippen molar-refractivity contribution in [2.45, 2.75) is 19.3 Å². The van der Waals surface area contributed by atoms with Crippen molar-refractivity contribution in [3.05, 3.63) is 60.2 Å². The Hall–Kier alpha value is -3.24. The Bertz CT molecular complexity index is 1130. The van der Waals surface area contributed by atoms with E-state index in [0.717, 1.165) is 10.6 Å². The van der Waals surface area contributed by atoms with Crippen molar-refractivity contribution in [2.24, 2.45) is 0 Å². The third-order valence-corrected chi connectivity index (χ3v) is 8.01. The van der Waals surface area contributed by atoms with Crippen LogP contribution in [0.2, 0.25) is 0 Å². The van der Waals surface area contributed by atoms with E-state index < -0.39 is 10.0 Å². The van der Waals surface area contributed by atoms with E-state index in [1.807, 2.05) is 30.3 Å². The summed E-state index contributed by atoms with van der Waals surface area (Å²) in [6.07, 6.45) is 0.710. The van der Waals surface area contributed by atoms with E-state index in [4.69, 9.17) is 0 Å². The van der Waals surface area contributed by atoms with Crippen LogP contribution in [0, 0.1) is 0 Å². The monoisotopic (exact) mass is 484 g/mol. The minimum Gasteiger partial charge on any atom is -0.369 e. The lowest BCUT2D eigenvalue weighted by molar-refractivity contribution is -0.121. The van der Waals surface area contributed by atoms with Gasteiger partial charge in [-0.15, -0.1) is 0 Å². The molecule has 2 aliphatic rings. The highest BCUT2D eigenvalue weighted by Gasteiger charge is 2.30. The summed E-state index contributed by atoms with van der Waals surface area (Å²) in [6.45, 7) is 2.40. The Morgan fingerprint density at radius 2 is 1.44 bits per heavy atom. The highest BCUT2D eigenvalue weighted by atomic mass is 32.2. The van der Waals surface area contributed by atoms with Gasteiger partial charge in [-0.05, 0) is 42.8 Å². The largest absolute Gasteiger partial charge is 0.369 e. The highest BCUT2D eigenvalue weighted by molar-refractivity contribution is 7.89. The van der Waals surface area contributed by atoms with E-state index in [0.29, 0.717) is 43.9 Å². The average Bonchev–Trinajstić information content (AvgIpc) is 3.20. The van der Waals surface area contributed by atoms with Crippen LogP contribution in [-0.4, -0.2) is 68.9 Å². The number of nitrogens with one attached hydrogen (secondary N) is 1. The summed E-state index contributed by atoms with van der Waals surface area (Å²) in [5, 5.41) is 2.73. The van der Waals surface area contributed by atoms with Crippen molar-refractivity contribution >= 4 is 39.1 Å². The smallest absolute Gasteiger partial charge is 0.251 e. The van der Waals surface area contributed by atoms with Gasteiger partial charge < -0.3 is 10.2 Å². The molecule has 0 radical (unpaired) electrons. The zero-order valence-corrected chi connectivity index (χ0v) is 19.7. The Labute approximate surface area is 199 Å². The molecule has 0 aromatic heterocycles. The predicted molar refractivity (Wildman–Crippen MR) is 129 cm³/mol. The number of sulfonamides is 1. The minimum atomic E-state index is -3.39. The van der Waals surface area contributed by atoms with Gasteiger partial charge in [-0.3, -0.25) is 19.3 Å². The SMILES string of the molecule is O=C(NCCCS(=O)(=O)N1CCN(c2ccccc2)CC1)c1ccc(N2C(=O)CCC2=O)cc1. The molecule has 2 saturated heterocycles. The molecule has 0 atom stereocenters. The molecule has 4 rings (SSSR count). The summed E-state index contributed by atoms with van der Waals surface area (Å²) in [5.74, 6) is -0.856. The summed E-state index contributed by atoms with van der Waals surface area (Å²) in [7, 11) is -3.39. The van der Waals surface area contributed by atoms with Crippen molar-refractivity contribution in [3.63, 3.8) is 0 Å². The summed E-state index contributed by atoms with van der Waals surface area (Å²) in [5.41, 5.74) is 1.92. The zero-order valence-electron chi connectivity index (χ0n) is 18.9. The maximum absolute atomic E-state index is 12.7. The van der Waals surface area contributed by atoms with Crippen molar-refractivity contribution in [1.29, 1.82) is 0 Å². The second-order valence-electron chi connectivity index (χ2n) is 8.32. The maximum atomic E-state index is 12.7. The number of piperazine rings is 1. The lowest BCUT2D eigenvalue weighted by Crippen LogP contribution is -2.49. The number of hydrogen-bond acceptors (Lipinski definition) is 6. The van der Waals surface area contributed by atoms with Crippen LogP contribution in [0.1, 0.15) is 29.6 Å². The fourth-order valence-corrected chi connectivity index (χ4v) is 5.66. The van der Waals surface area contributed by atoms with E-state index in [9.17, 15) is 22.8 Å². The van der Waals surface area contributed by atoms with Crippen molar-refractivity contribution in [2.75, 3.05) is 48.3 Å². The van der Waals surface area contributed by atoms with E-state index >= 15 is 0 Å². The van der Waals surface area contributed by atoms with Gasteiger partial charge in [0.15, 0.2) is 0 Å². The number of para-hydroxylation sites is 1. The minimum absolute atomic E-state index is 0.0310. The van der Waals surface area contributed by atoms with Gasteiger partial charge in [-0.25, -0.2) is 8.42 Å². The van der Waals surface area contributed by atoms with Crippen LogP contribution in [0.4, 0.5) is 11.4 Å². The molecule has 3 amide bonds. The normalized spacial score (nSPS) is 17.3. The van der Waals surface area contributed by atoms with E-state index in [-0.39, 0.29) is 42.9 Å². The predicted octanol–water partition coefficient (Wildman–Crippen LogP) is 1.61. The summed E-state index contributed by atoms with van der Waals surface area (Å²) in [4.78, 5) is 39.3. The molecule has 0 spiro atoms. The number of anilines is 2. The van der Waals surface area contributed by atoms with Gasteiger partial charge in [0.2, 0.25) is 21.8 Å². The summed E-state index contributed by atoms with van der Waals surface area (Å²) >= 11 is 0. The molecule has 2 aromatic carbocycles. The van der Waals surface area contributed by atoms with Gasteiger partial charge >= 0.3 is 0 Å². The number of nitrogens with zero attached hydrogens (tertiary/aromatic N) is 3. The molecular weight excluding hydrogens is 456 g/mol. The lowest BCUT2D eigenvalue weighted by Gasteiger charge is -2.35. The molecule has 2 aliphatic heterocycles. The van der Waals surface area contributed by atoms with E-state index in [1.165, 1.54) is 4.31 Å². The summed E-state index contributed by atoms with van der Waals surface area (Å²) in [6, 6.07) is 16.2. The fourth-order valence-electron chi connectivity index (χ4n) is 4.18. The van der Waals surface area contributed by atoms with Crippen LogP contribution in [0.25, 0.3) is 0 Å². The molecule has 2 heterocycles. The second-order valence-corrected chi connectivity index (χ2v) is 10.4. The molecule has 10 heteroatoms. The zero-order chi connectivity index (χ0) is 24.1. The molecule has 0 bridgehead atoms. The first kappa shape index (κ1) is 23.9. The molecule has 34 heavy (non-hydrogen) atoms. The highest BCUT2D eigenvalue weighted by Crippen LogP contribution is 2.23. The molecule has 1 N–H and O–H groups in total. The van der Waals surface area contributed by atoms with Gasteiger partial charge in [0.05, 0.1) is 11.4 Å². The number of hydrogen-bond donors (Lipinski definition) is 1. The van der Waals surface area contributed by atoms with Crippen LogP contribution < -0.4 is 15.1 Å².